The van der Waals surface area contributed by atoms with Crippen LogP contribution in [0, 0.1) is 6.92 Å². The first kappa shape index (κ1) is 13.9. The van der Waals surface area contributed by atoms with Gasteiger partial charge in [-0.2, -0.15) is 5.10 Å². The van der Waals surface area contributed by atoms with Crippen LogP contribution in [-0.4, -0.2) is 22.1 Å². The molecule has 2 heterocycles. The van der Waals surface area contributed by atoms with Crippen molar-refractivity contribution >= 4 is 23.0 Å². The number of carbonyl (C=O) groups is 1. The first-order chi connectivity index (χ1) is 10.7. The topological polar surface area (TPSA) is 67.2 Å². The van der Waals surface area contributed by atoms with E-state index < -0.39 is 0 Å². The van der Waals surface area contributed by atoms with Crippen LogP contribution >= 0.6 is 0 Å². The summed E-state index contributed by atoms with van der Waals surface area (Å²) >= 11 is 0. The van der Waals surface area contributed by atoms with Gasteiger partial charge in [0.25, 0.3) is 5.91 Å². The van der Waals surface area contributed by atoms with E-state index in [1.807, 2.05) is 43.3 Å². The second-order valence-corrected chi connectivity index (χ2v) is 4.80. The monoisotopic (exact) mass is 290 g/mol. The average molecular weight is 290 g/mol. The molecule has 5 nitrogen and oxygen atoms in total. The van der Waals surface area contributed by atoms with Gasteiger partial charge in [-0.3, -0.25) is 14.8 Å². The SMILES string of the molecule is Cc1nc2ccccc2cc1C(=O)NN=Cc1cccnc1. The normalized spacial score (nSPS) is 11.0. The smallest absolute Gasteiger partial charge is 0.267 e. The summed E-state index contributed by atoms with van der Waals surface area (Å²) in [6.07, 6.45) is 4.90. The van der Waals surface area contributed by atoms with Gasteiger partial charge in [-0.25, -0.2) is 5.43 Å². The van der Waals surface area contributed by atoms with Crippen molar-refractivity contribution in [3.05, 3.63) is 71.7 Å². The van der Waals surface area contributed by atoms with Gasteiger partial charge in [0.1, 0.15) is 0 Å². The van der Waals surface area contributed by atoms with Crippen molar-refractivity contribution in [3.8, 4) is 0 Å². The maximum atomic E-state index is 12.2. The quantitative estimate of drug-likeness (QED) is 0.595. The lowest BCUT2D eigenvalue weighted by Crippen LogP contribution is -2.19. The van der Waals surface area contributed by atoms with Crippen molar-refractivity contribution in [1.29, 1.82) is 0 Å². The number of fused-ring (bicyclic) bond motifs is 1. The summed E-state index contributed by atoms with van der Waals surface area (Å²) in [6.45, 7) is 1.81. The minimum Gasteiger partial charge on any atom is -0.267 e. The predicted molar refractivity (Wildman–Crippen MR) is 85.8 cm³/mol. The number of amides is 1. The number of aromatic nitrogens is 2. The van der Waals surface area contributed by atoms with Gasteiger partial charge in [-0.05, 0) is 25.1 Å². The Labute approximate surface area is 127 Å². The highest BCUT2D eigenvalue weighted by molar-refractivity contribution is 5.99. The van der Waals surface area contributed by atoms with E-state index in [0.29, 0.717) is 11.3 Å². The number of pyridine rings is 2. The first-order valence-corrected chi connectivity index (χ1v) is 6.84. The van der Waals surface area contributed by atoms with E-state index in [0.717, 1.165) is 16.5 Å². The molecular formula is C17H14N4O. The number of para-hydroxylation sites is 1. The lowest BCUT2D eigenvalue weighted by Gasteiger charge is -2.05. The Hall–Kier alpha value is -3.08. The van der Waals surface area contributed by atoms with Crippen LogP contribution in [0.15, 0.2) is 60.0 Å². The fourth-order valence-electron chi connectivity index (χ4n) is 2.12. The van der Waals surface area contributed by atoms with Gasteiger partial charge in [-0.15, -0.1) is 0 Å². The molecular weight excluding hydrogens is 276 g/mol. The van der Waals surface area contributed by atoms with Crippen molar-refractivity contribution in [2.75, 3.05) is 0 Å². The van der Waals surface area contributed by atoms with Gasteiger partial charge < -0.3 is 0 Å². The van der Waals surface area contributed by atoms with E-state index in [9.17, 15) is 4.79 Å². The van der Waals surface area contributed by atoms with Gasteiger partial charge in [0, 0.05) is 23.3 Å². The highest BCUT2D eigenvalue weighted by atomic mass is 16.2. The second-order valence-electron chi connectivity index (χ2n) is 4.80. The van der Waals surface area contributed by atoms with Gasteiger partial charge in [0.05, 0.1) is 23.0 Å². The highest BCUT2D eigenvalue weighted by Crippen LogP contribution is 2.16. The van der Waals surface area contributed by atoms with Gasteiger partial charge >= 0.3 is 0 Å². The van der Waals surface area contributed by atoms with Gasteiger partial charge in [0.2, 0.25) is 0 Å². The van der Waals surface area contributed by atoms with Crippen molar-refractivity contribution in [1.82, 2.24) is 15.4 Å². The third-order valence-electron chi connectivity index (χ3n) is 3.22. The molecule has 0 aliphatic carbocycles. The molecule has 3 aromatic rings. The molecule has 0 aliphatic rings. The second kappa shape index (κ2) is 6.13. The molecule has 108 valence electrons. The van der Waals surface area contributed by atoms with Gasteiger partial charge in [-0.1, -0.05) is 24.3 Å². The zero-order chi connectivity index (χ0) is 15.4. The van der Waals surface area contributed by atoms with Crippen LogP contribution in [0.3, 0.4) is 0 Å². The van der Waals surface area contributed by atoms with E-state index >= 15 is 0 Å². The van der Waals surface area contributed by atoms with Crippen LogP contribution in [0.4, 0.5) is 0 Å². The van der Waals surface area contributed by atoms with E-state index in [1.165, 1.54) is 0 Å². The minimum atomic E-state index is -0.282. The van der Waals surface area contributed by atoms with E-state index in [2.05, 4.69) is 20.5 Å². The molecule has 22 heavy (non-hydrogen) atoms. The van der Waals surface area contributed by atoms with Crippen LogP contribution in [0.1, 0.15) is 21.6 Å². The molecule has 0 aliphatic heterocycles. The van der Waals surface area contributed by atoms with Crippen LogP contribution in [0.25, 0.3) is 10.9 Å². The van der Waals surface area contributed by atoms with Crippen LogP contribution in [0.2, 0.25) is 0 Å². The van der Waals surface area contributed by atoms with Crippen molar-refractivity contribution in [2.24, 2.45) is 5.10 Å². The maximum Gasteiger partial charge on any atom is 0.273 e. The Morgan fingerprint density at radius 2 is 2.09 bits per heavy atom. The molecule has 5 heteroatoms. The molecule has 0 atom stereocenters. The van der Waals surface area contributed by atoms with Gasteiger partial charge in [0.15, 0.2) is 0 Å². The number of hydrogen-bond donors (Lipinski definition) is 1. The summed E-state index contributed by atoms with van der Waals surface area (Å²) in [4.78, 5) is 20.6. The highest BCUT2D eigenvalue weighted by Gasteiger charge is 2.10. The molecule has 1 amide bonds. The number of carbonyl (C=O) groups excluding carboxylic acids is 1. The summed E-state index contributed by atoms with van der Waals surface area (Å²) in [5, 5.41) is 4.87. The van der Waals surface area contributed by atoms with Crippen LogP contribution in [-0.2, 0) is 0 Å². The molecule has 2 aromatic heterocycles. The first-order valence-electron chi connectivity index (χ1n) is 6.84. The lowest BCUT2D eigenvalue weighted by atomic mass is 10.1. The Bertz CT molecular complexity index is 844. The van der Waals surface area contributed by atoms with Crippen molar-refractivity contribution in [3.63, 3.8) is 0 Å². The van der Waals surface area contributed by atoms with Crippen LogP contribution in [0.5, 0.6) is 0 Å². The van der Waals surface area contributed by atoms with Crippen molar-refractivity contribution < 1.29 is 4.79 Å². The molecule has 0 fully saturated rings. The summed E-state index contributed by atoms with van der Waals surface area (Å²) in [7, 11) is 0. The summed E-state index contributed by atoms with van der Waals surface area (Å²) < 4.78 is 0. The number of benzene rings is 1. The lowest BCUT2D eigenvalue weighted by molar-refractivity contribution is 0.0954. The summed E-state index contributed by atoms with van der Waals surface area (Å²) in [5.74, 6) is -0.282. The molecule has 1 N–H and O–H groups in total. The summed E-state index contributed by atoms with van der Waals surface area (Å²) in [5.41, 5.74) is 5.39. The zero-order valence-electron chi connectivity index (χ0n) is 12.0. The molecule has 0 saturated heterocycles. The molecule has 0 radical (unpaired) electrons. The number of rotatable bonds is 3. The third-order valence-corrected chi connectivity index (χ3v) is 3.22. The minimum absolute atomic E-state index is 0.282. The molecule has 0 saturated carbocycles. The van der Waals surface area contributed by atoms with Crippen molar-refractivity contribution in [2.45, 2.75) is 6.92 Å². The number of aryl methyl sites for hydroxylation is 1. The summed E-state index contributed by atoms with van der Waals surface area (Å²) in [6, 6.07) is 13.2. The molecule has 0 spiro atoms. The Balaban J connectivity index is 1.80. The van der Waals surface area contributed by atoms with Crippen LogP contribution < -0.4 is 5.43 Å². The molecule has 3 rings (SSSR count). The zero-order valence-corrected chi connectivity index (χ0v) is 12.0. The fraction of sp³-hybridized carbons (Fsp3) is 0.0588. The fourth-order valence-corrected chi connectivity index (χ4v) is 2.12. The Kier molecular flexibility index (Phi) is 3.87. The average Bonchev–Trinajstić information content (AvgIpc) is 2.55. The van der Waals surface area contributed by atoms with E-state index in [4.69, 9.17) is 0 Å². The third kappa shape index (κ3) is 2.98. The number of nitrogens with one attached hydrogen (secondary N) is 1. The Morgan fingerprint density at radius 1 is 1.23 bits per heavy atom. The van der Waals surface area contributed by atoms with E-state index in [1.54, 1.807) is 24.7 Å². The molecule has 1 aromatic carbocycles. The Morgan fingerprint density at radius 3 is 2.91 bits per heavy atom. The van der Waals surface area contributed by atoms with E-state index in [-0.39, 0.29) is 5.91 Å². The molecule has 0 bridgehead atoms. The largest absolute Gasteiger partial charge is 0.273 e. The number of hydrazone groups is 1. The number of hydrogen-bond acceptors (Lipinski definition) is 4. The standard InChI is InChI=1S/C17H14N4O/c1-12-15(9-14-6-2-3-7-16(14)20-12)17(22)21-19-11-13-5-4-8-18-10-13/h2-11H,1H3,(H,21,22). The number of nitrogens with zero attached hydrogens (tertiary/aromatic N) is 3. The molecule has 0 unspecified atom stereocenters. The maximum absolute atomic E-state index is 12.2. The predicted octanol–water partition coefficient (Wildman–Crippen LogP) is 2.70.